The maximum atomic E-state index is 14.5. The van der Waals surface area contributed by atoms with E-state index in [1.165, 1.54) is 54.2 Å². The van der Waals surface area contributed by atoms with E-state index in [0.29, 0.717) is 39.0 Å². The molecule has 2 saturated heterocycles. The van der Waals surface area contributed by atoms with Crippen LogP contribution in [0.15, 0.2) is 109 Å². The molecule has 2 heterocycles. The minimum Gasteiger partial charge on any atom is -0.337 e. The topological polar surface area (TPSA) is 40.6 Å². The predicted molar refractivity (Wildman–Crippen MR) is 175 cm³/mol. The number of nitrogens with zero attached hydrogens (tertiary/aromatic N) is 2. The maximum absolute atomic E-state index is 14.5. The fourth-order valence-electron chi connectivity index (χ4n) is 7.84. The molecule has 0 bridgehead atoms. The second-order valence-corrected chi connectivity index (χ2v) is 12.3. The molecule has 1 spiro atoms. The number of hydrogen-bond acceptors (Lipinski definition) is 2. The molecule has 212 valence electrons. The average Bonchev–Trinajstić information content (AvgIpc) is 3.04. The zero-order chi connectivity index (χ0) is 29.0. The van der Waals surface area contributed by atoms with Gasteiger partial charge in [0.15, 0.2) is 0 Å². The first-order chi connectivity index (χ1) is 21.1. The van der Waals surface area contributed by atoms with Gasteiger partial charge < -0.3 is 9.80 Å². The first-order valence-electron chi connectivity index (χ1n) is 15.5. The number of piperidine rings is 2. The van der Waals surface area contributed by atoms with Crippen molar-refractivity contribution >= 4 is 54.9 Å². The van der Waals surface area contributed by atoms with Crippen molar-refractivity contribution in [3.63, 3.8) is 0 Å². The van der Waals surface area contributed by atoms with E-state index in [0.717, 1.165) is 12.8 Å². The molecule has 6 aromatic carbocycles. The molecule has 0 N–H and O–H groups in total. The van der Waals surface area contributed by atoms with Crippen LogP contribution in [0.5, 0.6) is 0 Å². The highest BCUT2D eigenvalue weighted by Gasteiger charge is 2.53. The minimum atomic E-state index is -0.975. The molecule has 8 rings (SSSR count). The Morgan fingerprint density at radius 2 is 0.814 bits per heavy atom. The van der Waals surface area contributed by atoms with Crippen molar-refractivity contribution in [2.75, 3.05) is 13.1 Å². The van der Waals surface area contributed by atoms with Crippen molar-refractivity contribution in [1.29, 1.82) is 0 Å². The first-order valence-corrected chi connectivity index (χ1v) is 15.5. The lowest BCUT2D eigenvalue weighted by Gasteiger charge is -2.46. The van der Waals surface area contributed by atoms with Gasteiger partial charge in [0.25, 0.3) is 0 Å². The van der Waals surface area contributed by atoms with Gasteiger partial charge in [0.05, 0.1) is 0 Å². The fraction of sp³-hybridized carbons (Fsp3) is 0.231. The maximum Gasteiger partial charge on any atom is 0.238 e. The van der Waals surface area contributed by atoms with Crippen molar-refractivity contribution in [2.24, 2.45) is 5.41 Å². The predicted octanol–water partition coefficient (Wildman–Crippen LogP) is 8.23. The second-order valence-electron chi connectivity index (χ2n) is 12.3. The summed E-state index contributed by atoms with van der Waals surface area (Å²) < 4.78 is 0. The number of benzene rings is 6. The first kappa shape index (κ1) is 26.0. The molecular weight excluding hydrogens is 528 g/mol. The van der Waals surface area contributed by atoms with Gasteiger partial charge in [-0.1, -0.05) is 97.1 Å². The third-order valence-corrected chi connectivity index (χ3v) is 9.92. The van der Waals surface area contributed by atoms with E-state index < -0.39 is 5.41 Å². The van der Waals surface area contributed by atoms with Gasteiger partial charge in [-0.05, 0) is 92.0 Å². The molecule has 4 nitrogen and oxygen atoms in total. The number of amides is 2. The second kappa shape index (κ2) is 10.2. The van der Waals surface area contributed by atoms with Crippen molar-refractivity contribution in [1.82, 2.24) is 9.80 Å². The Balaban J connectivity index is 1.15. The quantitative estimate of drug-likeness (QED) is 0.160. The van der Waals surface area contributed by atoms with E-state index in [1.807, 2.05) is 9.80 Å². The van der Waals surface area contributed by atoms with Gasteiger partial charge in [-0.25, -0.2) is 0 Å². The van der Waals surface area contributed by atoms with Gasteiger partial charge in [0, 0.05) is 26.2 Å². The minimum absolute atomic E-state index is 0.00763. The molecule has 0 atom stereocenters. The Morgan fingerprint density at radius 1 is 0.488 bits per heavy atom. The van der Waals surface area contributed by atoms with Gasteiger partial charge in [-0.3, -0.25) is 9.59 Å². The SMILES string of the molecule is O=C1N(Cc2c3ccccc3cc3ccccc23)CCCC12CCCN(Cc1c3ccccc3cc3ccccc13)C2=O. The smallest absolute Gasteiger partial charge is 0.238 e. The molecule has 0 aromatic heterocycles. The van der Waals surface area contributed by atoms with E-state index in [9.17, 15) is 9.59 Å². The zero-order valence-corrected chi connectivity index (χ0v) is 24.3. The van der Waals surface area contributed by atoms with Gasteiger partial charge in [-0.2, -0.15) is 0 Å². The lowest BCUT2D eigenvalue weighted by molar-refractivity contribution is -0.165. The number of hydrogen-bond donors (Lipinski definition) is 0. The van der Waals surface area contributed by atoms with Crippen LogP contribution < -0.4 is 0 Å². The van der Waals surface area contributed by atoms with E-state index >= 15 is 0 Å². The van der Waals surface area contributed by atoms with Crippen LogP contribution in [0.4, 0.5) is 0 Å². The molecule has 2 aliphatic rings. The molecule has 6 aromatic rings. The van der Waals surface area contributed by atoms with Gasteiger partial charge in [-0.15, -0.1) is 0 Å². The number of likely N-dealkylation sites (tertiary alicyclic amines) is 2. The molecule has 0 aliphatic carbocycles. The monoisotopic (exact) mass is 562 g/mol. The zero-order valence-electron chi connectivity index (χ0n) is 24.3. The van der Waals surface area contributed by atoms with Crippen LogP contribution in [0.1, 0.15) is 36.8 Å². The number of rotatable bonds is 4. The summed E-state index contributed by atoms with van der Waals surface area (Å²) >= 11 is 0. The largest absolute Gasteiger partial charge is 0.337 e. The Morgan fingerprint density at radius 3 is 1.16 bits per heavy atom. The van der Waals surface area contributed by atoms with Crippen molar-refractivity contribution in [2.45, 2.75) is 38.8 Å². The highest BCUT2D eigenvalue weighted by Crippen LogP contribution is 2.43. The van der Waals surface area contributed by atoms with Crippen molar-refractivity contribution in [3.05, 3.63) is 120 Å². The number of carbonyl (C=O) groups is 2. The van der Waals surface area contributed by atoms with Crippen LogP contribution in [0.25, 0.3) is 43.1 Å². The van der Waals surface area contributed by atoms with Crippen LogP contribution in [0.2, 0.25) is 0 Å². The standard InChI is InChI=1S/C39H34N2O2/c42-37-39(19-9-21-40(37)25-35-31-15-5-1-11-27(31)23-28-12-2-6-16-32(28)35)20-10-22-41(38(39)43)26-36-33-17-7-3-13-29(33)24-30-14-4-8-18-34(30)36/h1-8,11-18,23-24H,9-10,19-22,25-26H2. The molecule has 4 heteroatoms. The molecule has 0 unspecified atom stereocenters. The van der Waals surface area contributed by atoms with E-state index in [2.05, 4.69) is 109 Å². The summed E-state index contributed by atoms with van der Waals surface area (Å²) in [5, 5.41) is 9.41. The lowest BCUT2D eigenvalue weighted by atomic mass is 9.72. The Kier molecular flexibility index (Phi) is 6.18. The van der Waals surface area contributed by atoms with Gasteiger partial charge >= 0.3 is 0 Å². The third kappa shape index (κ3) is 4.19. The molecule has 0 radical (unpaired) electrons. The number of carbonyl (C=O) groups excluding carboxylic acids is 2. The van der Waals surface area contributed by atoms with Crippen LogP contribution >= 0.6 is 0 Å². The van der Waals surface area contributed by atoms with Gasteiger partial charge in [0.2, 0.25) is 11.8 Å². The highest BCUT2D eigenvalue weighted by atomic mass is 16.2. The van der Waals surface area contributed by atoms with Crippen molar-refractivity contribution < 1.29 is 9.59 Å². The van der Waals surface area contributed by atoms with E-state index in [-0.39, 0.29) is 11.8 Å². The molecular formula is C39H34N2O2. The van der Waals surface area contributed by atoms with Crippen molar-refractivity contribution in [3.8, 4) is 0 Å². The summed E-state index contributed by atoms with van der Waals surface area (Å²) in [4.78, 5) is 32.9. The fourth-order valence-corrected chi connectivity index (χ4v) is 7.84. The van der Waals surface area contributed by atoms with Crippen LogP contribution in [0, 0.1) is 5.41 Å². The average molecular weight is 563 g/mol. The summed E-state index contributed by atoms with van der Waals surface area (Å²) in [6.45, 7) is 2.39. The molecule has 2 aliphatic heterocycles. The van der Waals surface area contributed by atoms with E-state index in [1.54, 1.807) is 0 Å². The summed E-state index contributed by atoms with van der Waals surface area (Å²) in [7, 11) is 0. The Hall–Kier alpha value is -4.70. The lowest BCUT2D eigenvalue weighted by Crippen LogP contribution is -2.59. The summed E-state index contributed by atoms with van der Waals surface area (Å²) in [6, 6.07) is 38.2. The third-order valence-electron chi connectivity index (χ3n) is 9.92. The Bertz CT molecular complexity index is 1810. The highest BCUT2D eigenvalue weighted by molar-refractivity contribution is 6.08. The molecule has 0 saturated carbocycles. The molecule has 2 amide bonds. The van der Waals surface area contributed by atoms with Crippen LogP contribution in [-0.4, -0.2) is 34.7 Å². The molecule has 43 heavy (non-hydrogen) atoms. The number of fused-ring (bicyclic) bond motifs is 4. The molecule has 2 fully saturated rings. The Labute approximate surface area is 251 Å². The van der Waals surface area contributed by atoms with Crippen LogP contribution in [-0.2, 0) is 22.7 Å². The normalized spacial score (nSPS) is 17.1. The van der Waals surface area contributed by atoms with Gasteiger partial charge in [0.1, 0.15) is 5.41 Å². The van der Waals surface area contributed by atoms with Crippen LogP contribution in [0.3, 0.4) is 0 Å². The summed E-state index contributed by atoms with van der Waals surface area (Å²) in [6.07, 6.45) is 2.94. The van der Waals surface area contributed by atoms with E-state index in [4.69, 9.17) is 0 Å². The summed E-state index contributed by atoms with van der Waals surface area (Å²) in [5.74, 6) is 0.0153. The summed E-state index contributed by atoms with van der Waals surface area (Å²) in [5.41, 5.74) is 1.36.